The molecule has 0 aromatic heterocycles. The Morgan fingerprint density at radius 1 is 1.06 bits per heavy atom. The van der Waals surface area contributed by atoms with Crippen molar-refractivity contribution < 1.29 is 14.2 Å². The minimum Gasteiger partial charge on any atom is -0.382 e. The molecule has 4 heteroatoms. The number of hydrogen-bond donors (Lipinski definition) is 1. The van der Waals surface area contributed by atoms with E-state index >= 15 is 0 Å². The summed E-state index contributed by atoms with van der Waals surface area (Å²) in [5, 5.41) is 3.35. The first-order valence-corrected chi connectivity index (χ1v) is 6.74. The highest BCUT2D eigenvalue weighted by Crippen LogP contribution is 2.21. The van der Waals surface area contributed by atoms with E-state index in [1.807, 2.05) is 7.05 Å². The lowest BCUT2D eigenvalue weighted by molar-refractivity contribution is -0.00714. The average Bonchev–Trinajstić information content (AvgIpc) is 2.38. The van der Waals surface area contributed by atoms with Crippen LogP contribution >= 0.6 is 0 Å². The molecule has 0 aliphatic heterocycles. The largest absolute Gasteiger partial charge is 0.382 e. The monoisotopic (exact) mass is 245 g/mol. The van der Waals surface area contributed by atoms with E-state index < -0.39 is 0 Å². The van der Waals surface area contributed by atoms with Gasteiger partial charge in [0, 0.05) is 26.4 Å². The second kappa shape index (κ2) is 9.83. The molecule has 1 N–H and O–H groups in total. The van der Waals surface area contributed by atoms with Crippen molar-refractivity contribution in [1.82, 2.24) is 5.32 Å². The molecule has 2 atom stereocenters. The molecular weight excluding hydrogens is 218 g/mol. The maximum absolute atomic E-state index is 5.92. The topological polar surface area (TPSA) is 39.7 Å². The van der Waals surface area contributed by atoms with Crippen LogP contribution in [-0.4, -0.2) is 52.7 Å². The Balaban J connectivity index is 1.97. The van der Waals surface area contributed by atoms with Gasteiger partial charge in [-0.2, -0.15) is 0 Å². The first kappa shape index (κ1) is 14.9. The molecule has 2 unspecified atom stereocenters. The van der Waals surface area contributed by atoms with Crippen molar-refractivity contribution in [3.8, 4) is 0 Å². The molecule has 0 radical (unpaired) electrons. The van der Waals surface area contributed by atoms with E-state index in [9.17, 15) is 0 Å². The molecule has 1 rings (SSSR count). The van der Waals surface area contributed by atoms with Crippen LogP contribution in [0.3, 0.4) is 0 Å². The molecule has 0 aromatic carbocycles. The minimum atomic E-state index is 0.396. The van der Waals surface area contributed by atoms with E-state index in [4.69, 9.17) is 14.2 Å². The van der Waals surface area contributed by atoms with Crippen LogP contribution in [0.4, 0.5) is 0 Å². The number of hydrogen-bond acceptors (Lipinski definition) is 4. The molecule has 0 amide bonds. The van der Waals surface area contributed by atoms with Crippen molar-refractivity contribution in [2.24, 2.45) is 0 Å². The van der Waals surface area contributed by atoms with Crippen LogP contribution < -0.4 is 5.32 Å². The van der Waals surface area contributed by atoms with Crippen molar-refractivity contribution >= 4 is 0 Å². The first-order chi connectivity index (χ1) is 8.38. The van der Waals surface area contributed by atoms with Crippen LogP contribution in [0.5, 0.6) is 0 Å². The predicted molar refractivity (Wildman–Crippen MR) is 68.4 cm³/mol. The Kier molecular flexibility index (Phi) is 8.61. The minimum absolute atomic E-state index is 0.396. The van der Waals surface area contributed by atoms with Gasteiger partial charge in [-0.25, -0.2) is 0 Å². The third-order valence-electron chi connectivity index (χ3n) is 3.27. The van der Waals surface area contributed by atoms with Gasteiger partial charge in [0.05, 0.1) is 19.3 Å². The molecule has 4 nitrogen and oxygen atoms in total. The van der Waals surface area contributed by atoms with Gasteiger partial charge in [-0.15, -0.1) is 0 Å². The summed E-state index contributed by atoms with van der Waals surface area (Å²) in [6.07, 6.45) is 6.42. The molecule has 1 saturated carbocycles. The molecule has 1 aliphatic carbocycles. The molecule has 17 heavy (non-hydrogen) atoms. The SMILES string of the molecule is CNC1CCCCC1OCCCOCCOC. The van der Waals surface area contributed by atoms with Crippen molar-refractivity contribution in [3.05, 3.63) is 0 Å². The Morgan fingerprint density at radius 3 is 2.65 bits per heavy atom. The van der Waals surface area contributed by atoms with E-state index in [-0.39, 0.29) is 0 Å². The maximum Gasteiger partial charge on any atom is 0.0727 e. The van der Waals surface area contributed by atoms with Gasteiger partial charge in [0.25, 0.3) is 0 Å². The summed E-state index contributed by atoms with van der Waals surface area (Å²) in [6.45, 7) is 2.92. The number of likely N-dealkylation sites (N-methyl/N-ethyl adjacent to an activating group) is 1. The van der Waals surface area contributed by atoms with E-state index in [0.29, 0.717) is 25.4 Å². The summed E-state index contributed by atoms with van der Waals surface area (Å²) in [5.74, 6) is 0. The van der Waals surface area contributed by atoms with E-state index in [1.165, 1.54) is 25.7 Å². The van der Waals surface area contributed by atoms with Crippen LogP contribution in [0.2, 0.25) is 0 Å². The summed E-state index contributed by atoms with van der Waals surface area (Å²) in [7, 11) is 3.72. The zero-order valence-electron chi connectivity index (χ0n) is 11.2. The summed E-state index contributed by atoms with van der Waals surface area (Å²) in [6, 6.07) is 0.540. The van der Waals surface area contributed by atoms with Gasteiger partial charge in [0.15, 0.2) is 0 Å². The smallest absolute Gasteiger partial charge is 0.0727 e. The van der Waals surface area contributed by atoms with E-state index in [0.717, 1.165) is 19.6 Å². The second-order valence-corrected chi connectivity index (χ2v) is 4.55. The average molecular weight is 245 g/mol. The van der Waals surface area contributed by atoms with Crippen molar-refractivity contribution in [2.45, 2.75) is 44.2 Å². The zero-order chi connectivity index (χ0) is 12.3. The highest BCUT2D eigenvalue weighted by Gasteiger charge is 2.23. The highest BCUT2D eigenvalue weighted by atomic mass is 16.5. The normalized spacial score (nSPS) is 25.1. The molecule has 1 fully saturated rings. The fraction of sp³-hybridized carbons (Fsp3) is 1.00. The molecule has 0 saturated heterocycles. The number of methoxy groups -OCH3 is 1. The van der Waals surface area contributed by atoms with Crippen LogP contribution in [0.15, 0.2) is 0 Å². The molecule has 0 spiro atoms. The van der Waals surface area contributed by atoms with Crippen molar-refractivity contribution in [1.29, 1.82) is 0 Å². The lowest BCUT2D eigenvalue weighted by atomic mass is 9.92. The van der Waals surface area contributed by atoms with E-state index in [2.05, 4.69) is 5.32 Å². The molecule has 0 bridgehead atoms. The Morgan fingerprint density at radius 2 is 1.88 bits per heavy atom. The maximum atomic E-state index is 5.92. The molecule has 0 heterocycles. The number of rotatable bonds is 9. The van der Waals surface area contributed by atoms with Gasteiger partial charge in [-0.1, -0.05) is 12.8 Å². The first-order valence-electron chi connectivity index (χ1n) is 6.74. The van der Waals surface area contributed by atoms with Gasteiger partial charge in [0.2, 0.25) is 0 Å². The summed E-state index contributed by atoms with van der Waals surface area (Å²) in [5.41, 5.74) is 0. The second-order valence-electron chi connectivity index (χ2n) is 4.55. The van der Waals surface area contributed by atoms with Crippen LogP contribution in [-0.2, 0) is 14.2 Å². The Hall–Kier alpha value is -0.160. The number of ether oxygens (including phenoxy) is 3. The third-order valence-corrected chi connectivity index (χ3v) is 3.27. The summed E-state index contributed by atoms with van der Waals surface area (Å²) in [4.78, 5) is 0. The van der Waals surface area contributed by atoms with Crippen LogP contribution in [0.1, 0.15) is 32.1 Å². The molecule has 0 aromatic rings. The van der Waals surface area contributed by atoms with Gasteiger partial charge in [-0.05, 0) is 26.3 Å². The van der Waals surface area contributed by atoms with Gasteiger partial charge in [-0.3, -0.25) is 0 Å². The fourth-order valence-corrected chi connectivity index (χ4v) is 2.27. The van der Waals surface area contributed by atoms with Gasteiger partial charge < -0.3 is 19.5 Å². The van der Waals surface area contributed by atoms with E-state index in [1.54, 1.807) is 7.11 Å². The molecular formula is C13H27NO3. The fourth-order valence-electron chi connectivity index (χ4n) is 2.27. The quantitative estimate of drug-likeness (QED) is 0.626. The van der Waals surface area contributed by atoms with Gasteiger partial charge >= 0.3 is 0 Å². The lowest BCUT2D eigenvalue weighted by Gasteiger charge is -2.31. The van der Waals surface area contributed by atoms with Crippen molar-refractivity contribution in [2.75, 3.05) is 40.6 Å². The van der Waals surface area contributed by atoms with Crippen LogP contribution in [0.25, 0.3) is 0 Å². The molecule has 102 valence electrons. The third kappa shape index (κ3) is 6.36. The van der Waals surface area contributed by atoms with Crippen molar-refractivity contribution in [3.63, 3.8) is 0 Å². The molecule has 1 aliphatic rings. The highest BCUT2D eigenvalue weighted by molar-refractivity contribution is 4.80. The van der Waals surface area contributed by atoms with Crippen LogP contribution in [0, 0.1) is 0 Å². The lowest BCUT2D eigenvalue weighted by Crippen LogP contribution is -2.41. The number of nitrogens with one attached hydrogen (secondary N) is 1. The standard InChI is InChI=1S/C13H27NO3/c1-14-12-6-3-4-7-13(12)17-9-5-8-16-11-10-15-2/h12-14H,3-11H2,1-2H3. The predicted octanol–water partition coefficient (Wildman–Crippen LogP) is 1.59. The zero-order valence-corrected chi connectivity index (χ0v) is 11.2. The van der Waals surface area contributed by atoms with Gasteiger partial charge in [0.1, 0.15) is 0 Å². The Labute approximate surface area is 105 Å². The Bertz CT molecular complexity index is 178. The summed E-state index contributed by atoms with van der Waals surface area (Å²) >= 11 is 0. The summed E-state index contributed by atoms with van der Waals surface area (Å²) < 4.78 is 16.2.